The Kier molecular flexibility index (Phi) is 4.97. The summed E-state index contributed by atoms with van der Waals surface area (Å²) in [5, 5.41) is 12.2. The number of nitrogens with one attached hydrogen (secondary N) is 2. The van der Waals surface area contributed by atoms with Crippen molar-refractivity contribution in [2.45, 2.75) is 4.90 Å². The summed E-state index contributed by atoms with van der Waals surface area (Å²) in [7, 11) is -2.17. The normalized spacial score (nSPS) is 19.7. The lowest BCUT2D eigenvalue weighted by atomic mass is 10.2. The maximum Gasteiger partial charge on any atom is 0.240 e. The predicted molar refractivity (Wildman–Crippen MR) is 95.2 cm³/mol. The van der Waals surface area contributed by atoms with Gasteiger partial charge >= 0.3 is 0 Å². The zero-order valence-electron chi connectivity index (χ0n) is 13.6. The van der Waals surface area contributed by atoms with E-state index in [1.54, 1.807) is 12.1 Å². The fraction of sp³-hybridized carbons (Fsp3) is 0.357. The largest absolute Gasteiger partial charge is 0.380 e. The van der Waals surface area contributed by atoms with Crippen molar-refractivity contribution in [1.29, 1.82) is 0 Å². The first-order valence-corrected chi connectivity index (χ1v) is 9.11. The van der Waals surface area contributed by atoms with E-state index in [2.05, 4.69) is 25.5 Å². The first-order chi connectivity index (χ1) is 12.0. The SMILES string of the molecule is CNS(=O)(=O)c1cccc(N/N=C2/C(N)=NN=C2N2CCOCC2)c1. The Morgan fingerprint density at radius 3 is 2.76 bits per heavy atom. The Morgan fingerprint density at radius 2 is 2.04 bits per heavy atom. The van der Waals surface area contributed by atoms with E-state index in [4.69, 9.17) is 10.5 Å². The van der Waals surface area contributed by atoms with Gasteiger partial charge in [-0.05, 0) is 25.2 Å². The quantitative estimate of drug-likeness (QED) is 0.609. The molecular formula is C14H19N7O3S. The van der Waals surface area contributed by atoms with Crippen LogP contribution in [0.15, 0.2) is 44.5 Å². The molecule has 0 amide bonds. The summed E-state index contributed by atoms with van der Waals surface area (Å²) in [6, 6.07) is 6.29. The van der Waals surface area contributed by atoms with Crippen LogP contribution < -0.4 is 15.9 Å². The number of amidine groups is 2. The second kappa shape index (κ2) is 7.17. The molecule has 0 spiro atoms. The van der Waals surface area contributed by atoms with Crippen molar-refractivity contribution < 1.29 is 13.2 Å². The molecule has 1 fully saturated rings. The van der Waals surface area contributed by atoms with Crippen LogP contribution in [0.1, 0.15) is 0 Å². The van der Waals surface area contributed by atoms with Gasteiger partial charge in [0.15, 0.2) is 17.4 Å². The summed E-state index contributed by atoms with van der Waals surface area (Å²) >= 11 is 0. The topological polar surface area (TPSA) is 134 Å². The number of sulfonamides is 1. The molecule has 3 rings (SSSR count). The van der Waals surface area contributed by atoms with Gasteiger partial charge in [-0.3, -0.25) is 5.43 Å². The zero-order chi connectivity index (χ0) is 17.9. The molecule has 134 valence electrons. The summed E-state index contributed by atoms with van der Waals surface area (Å²) in [5.41, 5.74) is 9.61. The number of nitrogens with zero attached hydrogens (tertiary/aromatic N) is 4. The van der Waals surface area contributed by atoms with Crippen molar-refractivity contribution in [3.63, 3.8) is 0 Å². The molecule has 2 heterocycles. The molecule has 0 aliphatic carbocycles. The number of hydrogen-bond acceptors (Lipinski definition) is 9. The third kappa shape index (κ3) is 3.78. The number of ether oxygens (including phenoxy) is 1. The maximum atomic E-state index is 11.9. The third-order valence-electron chi connectivity index (χ3n) is 3.73. The lowest BCUT2D eigenvalue weighted by Crippen LogP contribution is -2.46. The molecule has 0 aromatic heterocycles. The van der Waals surface area contributed by atoms with Crippen molar-refractivity contribution in [2.75, 3.05) is 38.8 Å². The third-order valence-corrected chi connectivity index (χ3v) is 5.14. The van der Waals surface area contributed by atoms with Gasteiger partial charge in [0, 0.05) is 13.1 Å². The molecular weight excluding hydrogens is 346 g/mol. The van der Waals surface area contributed by atoms with Gasteiger partial charge in [-0.25, -0.2) is 13.1 Å². The Morgan fingerprint density at radius 1 is 1.28 bits per heavy atom. The van der Waals surface area contributed by atoms with Crippen LogP contribution in [-0.2, 0) is 14.8 Å². The number of anilines is 1. The Labute approximate surface area is 145 Å². The smallest absolute Gasteiger partial charge is 0.240 e. The number of benzene rings is 1. The molecule has 2 aliphatic heterocycles. The van der Waals surface area contributed by atoms with Crippen LogP contribution in [0.25, 0.3) is 0 Å². The van der Waals surface area contributed by atoms with Gasteiger partial charge in [-0.1, -0.05) is 6.07 Å². The minimum atomic E-state index is -3.53. The van der Waals surface area contributed by atoms with E-state index in [1.165, 1.54) is 19.2 Å². The van der Waals surface area contributed by atoms with Gasteiger partial charge in [-0.15, -0.1) is 10.2 Å². The molecule has 0 bridgehead atoms. The van der Waals surface area contributed by atoms with E-state index in [0.29, 0.717) is 43.5 Å². The molecule has 1 aromatic carbocycles. The molecule has 2 aliphatic rings. The first kappa shape index (κ1) is 17.3. The monoisotopic (exact) mass is 365 g/mol. The van der Waals surface area contributed by atoms with Gasteiger partial charge in [-0.2, -0.15) is 5.10 Å². The average Bonchev–Trinajstić information content (AvgIpc) is 3.01. The number of hydrazone groups is 1. The van der Waals surface area contributed by atoms with E-state index in [-0.39, 0.29) is 10.7 Å². The van der Waals surface area contributed by atoms with Crippen molar-refractivity contribution in [2.24, 2.45) is 21.0 Å². The Hall–Kier alpha value is -2.50. The summed E-state index contributed by atoms with van der Waals surface area (Å²) < 4.78 is 31.3. The molecule has 1 saturated heterocycles. The zero-order valence-corrected chi connectivity index (χ0v) is 14.5. The second-order valence-corrected chi connectivity index (χ2v) is 7.20. The lowest BCUT2D eigenvalue weighted by Gasteiger charge is -2.28. The van der Waals surface area contributed by atoms with Crippen molar-refractivity contribution in [3.05, 3.63) is 24.3 Å². The summed E-state index contributed by atoms with van der Waals surface area (Å²) in [6.07, 6.45) is 0. The summed E-state index contributed by atoms with van der Waals surface area (Å²) in [6.45, 7) is 2.56. The second-order valence-electron chi connectivity index (χ2n) is 5.32. The van der Waals surface area contributed by atoms with Crippen molar-refractivity contribution in [1.82, 2.24) is 9.62 Å². The molecule has 0 radical (unpaired) electrons. The van der Waals surface area contributed by atoms with Gasteiger partial charge < -0.3 is 15.4 Å². The van der Waals surface area contributed by atoms with Crippen LogP contribution in [0, 0.1) is 0 Å². The fourth-order valence-electron chi connectivity index (χ4n) is 2.38. The standard InChI is InChI=1S/C14H19N7O3S/c1-16-25(22,23)11-4-2-3-10(9-11)17-18-12-13(15)19-20-14(12)21-5-7-24-8-6-21/h2-4,9,16-17H,5-8H2,1H3,(H2,15,18,19). The predicted octanol–water partition coefficient (Wildman–Crippen LogP) is -0.621. The van der Waals surface area contributed by atoms with E-state index >= 15 is 0 Å². The van der Waals surface area contributed by atoms with Crippen LogP contribution >= 0.6 is 0 Å². The summed E-state index contributed by atoms with van der Waals surface area (Å²) in [4.78, 5) is 2.13. The van der Waals surface area contributed by atoms with E-state index in [1.807, 2.05) is 4.90 Å². The number of rotatable bonds is 4. The average molecular weight is 365 g/mol. The number of nitrogens with two attached hydrogens (primary N) is 1. The summed E-state index contributed by atoms with van der Waals surface area (Å²) in [5.74, 6) is 0.778. The van der Waals surface area contributed by atoms with Crippen LogP contribution in [0.5, 0.6) is 0 Å². The molecule has 0 atom stereocenters. The van der Waals surface area contributed by atoms with E-state index in [9.17, 15) is 8.42 Å². The maximum absolute atomic E-state index is 11.9. The molecule has 25 heavy (non-hydrogen) atoms. The highest BCUT2D eigenvalue weighted by molar-refractivity contribution is 7.89. The van der Waals surface area contributed by atoms with Gasteiger partial charge in [0.2, 0.25) is 10.0 Å². The van der Waals surface area contributed by atoms with Gasteiger partial charge in [0.1, 0.15) is 0 Å². The van der Waals surface area contributed by atoms with Crippen LogP contribution in [-0.4, -0.2) is 64.1 Å². The first-order valence-electron chi connectivity index (χ1n) is 7.63. The molecule has 0 saturated carbocycles. The van der Waals surface area contributed by atoms with Crippen molar-refractivity contribution in [3.8, 4) is 0 Å². The Bertz CT molecular complexity index is 842. The highest BCUT2D eigenvalue weighted by atomic mass is 32.2. The fourth-order valence-corrected chi connectivity index (χ4v) is 3.15. The minimum Gasteiger partial charge on any atom is -0.380 e. The van der Waals surface area contributed by atoms with Gasteiger partial charge in [0.05, 0.1) is 23.8 Å². The number of morpholine rings is 1. The lowest BCUT2D eigenvalue weighted by molar-refractivity contribution is 0.0689. The number of hydrogen-bond donors (Lipinski definition) is 3. The molecule has 0 unspecified atom stereocenters. The van der Waals surface area contributed by atoms with E-state index < -0.39 is 10.0 Å². The van der Waals surface area contributed by atoms with Crippen LogP contribution in [0.4, 0.5) is 5.69 Å². The van der Waals surface area contributed by atoms with Crippen LogP contribution in [0.3, 0.4) is 0 Å². The van der Waals surface area contributed by atoms with Crippen molar-refractivity contribution >= 4 is 33.1 Å². The minimum absolute atomic E-state index is 0.135. The molecule has 1 aromatic rings. The molecule has 10 nitrogen and oxygen atoms in total. The molecule has 4 N–H and O–H groups in total. The highest BCUT2D eigenvalue weighted by Crippen LogP contribution is 2.15. The van der Waals surface area contributed by atoms with Crippen LogP contribution in [0.2, 0.25) is 0 Å². The Balaban J connectivity index is 1.79. The highest BCUT2D eigenvalue weighted by Gasteiger charge is 2.26. The van der Waals surface area contributed by atoms with E-state index in [0.717, 1.165) is 0 Å². The van der Waals surface area contributed by atoms with Gasteiger partial charge in [0.25, 0.3) is 0 Å². The molecule has 11 heteroatoms.